The first kappa shape index (κ1) is 23.1. The van der Waals surface area contributed by atoms with Crippen molar-refractivity contribution in [3.63, 3.8) is 0 Å². The zero-order valence-corrected chi connectivity index (χ0v) is 21.0. The molecule has 3 aromatic heterocycles. The van der Waals surface area contributed by atoms with Crippen molar-refractivity contribution in [2.75, 3.05) is 23.7 Å². The minimum atomic E-state index is -2.48. The van der Waals surface area contributed by atoms with Crippen LogP contribution in [-0.2, 0) is 19.4 Å². The number of hydrogen-bond acceptors (Lipinski definition) is 7. The summed E-state index contributed by atoms with van der Waals surface area (Å²) in [5.41, 5.74) is 2.30. The van der Waals surface area contributed by atoms with Gasteiger partial charge in [0.1, 0.15) is 10.6 Å². The van der Waals surface area contributed by atoms with E-state index in [1.807, 2.05) is 10.9 Å². The van der Waals surface area contributed by atoms with Gasteiger partial charge in [0.25, 0.3) is 5.92 Å². The molecule has 35 heavy (non-hydrogen) atoms. The highest BCUT2D eigenvalue weighted by molar-refractivity contribution is 7.19. The molecule has 2 fully saturated rings. The number of fused-ring (bicyclic) bond motifs is 3. The molecule has 1 aliphatic heterocycles. The maximum atomic E-state index is 13.6. The molecule has 2 aliphatic carbocycles. The van der Waals surface area contributed by atoms with Crippen LogP contribution in [0.15, 0.2) is 12.4 Å². The van der Waals surface area contributed by atoms with Gasteiger partial charge in [0.15, 0.2) is 0 Å². The second-order valence-electron chi connectivity index (χ2n) is 10.2. The molecule has 188 valence electrons. The number of likely N-dealkylation sites (tertiary alicyclic amines) is 1. The minimum Gasteiger partial charge on any atom is -0.367 e. The van der Waals surface area contributed by atoms with Gasteiger partial charge in [0, 0.05) is 55.6 Å². The van der Waals surface area contributed by atoms with Crippen LogP contribution >= 0.6 is 11.3 Å². The Bertz CT molecular complexity index is 1190. The van der Waals surface area contributed by atoms with E-state index in [9.17, 15) is 8.78 Å². The SMILES string of the molecule is CCn1cc(Nc2nc(NC3CCC(N4CCC(F)(F)CC4)CC3)c3c4c(sc3n2)CCC4)cn1. The smallest absolute Gasteiger partial charge is 0.250 e. The van der Waals surface area contributed by atoms with E-state index in [1.54, 1.807) is 17.5 Å². The van der Waals surface area contributed by atoms with Crippen LogP contribution in [0, 0.1) is 0 Å². The second-order valence-corrected chi connectivity index (χ2v) is 11.3. The molecule has 0 spiro atoms. The summed E-state index contributed by atoms with van der Waals surface area (Å²) >= 11 is 1.80. The molecule has 6 rings (SSSR count). The van der Waals surface area contributed by atoms with Gasteiger partial charge in [-0.05, 0) is 57.4 Å². The number of rotatable bonds is 6. The van der Waals surface area contributed by atoms with Crippen molar-refractivity contribution in [2.45, 2.75) is 89.3 Å². The van der Waals surface area contributed by atoms with E-state index < -0.39 is 5.92 Å². The van der Waals surface area contributed by atoms with Crippen LogP contribution in [0.1, 0.15) is 62.3 Å². The van der Waals surface area contributed by atoms with E-state index in [2.05, 4.69) is 27.6 Å². The van der Waals surface area contributed by atoms with Crippen LogP contribution in [0.4, 0.5) is 26.2 Å². The van der Waals surface area contributed by atoms with E-state index in [4.69, 9.17) is 9.97 Å². The van der Waals surface area contributed by atoms with Crippen molar-refractivity contribution >= 4 is 39.0 Å². The number of piperidine rings is 1. The number of aromatic nitrogens is 4. The predicted octanol–water partition coefficient (Wildman–Crippen LogP) is 5.59. The Morgan fingerprint density at radius 2 is 1.91 bits per heavy atom. The number of aryl methyl sites for hydroxylation is 3. The van der Waals surface area contributed by atoms with Crippen LogP contribution in [0.25, 0.3) is 10.2 Å². The van der Waals surface area contributed by atoms with Crippen molar-refractivity contribution in [1.82, 2.24) is 24.6 Å². The van der Waals surface area contributed by atoms with Gasteiger partial charge in [0.2, 0.25) is 5.95 Å². The lowest BCUT2D eigenvalue weighted by atomic mass is 9.88. The van der Waals surface area contributed by atoms with E-state index in [-0.39, 0.29) is 12.8 Å². The fourth-order valence-corrected chi connectivity index (χ4v) is 7.14. The topological polar surface area (TPSA) is 70.9 Å². The van der Waals surface area contributed by atoms with Crippen molar-refractivity contribution in [3.05, 3.63) is 22.8 Å². The summed E-state index contributed by atoms with van der Waals surface area (Å²) in [6, 6.07) is 0.760. The molecule has 0 amide bonds. The normalized spacial score (nSPS) is 24.5. The van der Waals surface area contributed by atoms with E-state index in [1.165, 1.54) is 22.2 Å². The molecule has 3 aliphatic rings. The average molecular weight is 502 g/mol. The fourth-order valence-electron chi connectivity index (χ4n) is 5.88. The molecular formula is C25H33F2N7S. The van der Waals surface area contributed by atoms with Crippen LogP contribution in [0.2, 0.25) is 0 Å². The summed E-state index contributed by atoms with van der Waals surface area (Å²) < 4.78 is 29.0. The number of nitrogens with zero attached hydrogens (tertiary/aromatic N) is 5. The van der Waals surface area contributed by atoms with Gasteiger partial charge in [-0.3, -0.25) is 9.58 Å². The van der Waals surface area contributed by atoms with Gasteiger partial charge < -0.3 is 10.6 Å². The Morgan fingerprint density at radius 1 is 1.11 bits per heavy atom. The first-order valence-corrected chi connectivity index (χ1v) is 13.8. The average Bonchev–Trinajstić information content (AvgIpc) is 3.56. The molecule has 7 nitrogen and oxygen atoms in total. The first-order valence-electron chi connectivity index (χ1n) is 13.0. The fraction of sp³-hybridized carbons (Fsp3) is 0.640. The number of nitrogens with one attached hydrogen (secondary N) is 2. The number of alkyl halides is 2. The van der Waals surface area contributed by atoms with Crippen LogP contribution in [0.5, 0.6) is 0 Å². The first-order chi connectivity index (χ1) is 17.0. The van der Waals surface area contributed by atoms with Gasteiger partial charge in [-0.25, -0.2) is 13.8 Å². The van der Waals surface area contributed by atoms with Crippen molar-refractivity contribution < 1.29 is 8.78 Å². The Balaban J connectivity index is 1.19. The lowest BCUT2D eigenvalue weighted by Crippen LogP contribution is -2.47. The summed E-state index contributed by atoms with van der Waals surface area (Å²) in [7, 11) is 0. The molecule has 0 radical (unpaired) electrons. The molecule has 0 bridgehead atoms. The zero-order valence-electron chi connectivity index (χ0n) is 20.2. The molecule has 0 atom stereocenters. The number of thiophene rings is 1. The number of halogens is 2. The van der Waals surface area contributed by atoms with Crippen LogP contribution < -0.4 is 10.6 Å². The largest absolute Gasteiger partial charge is 0.367 e. The highest BCUT2D eigenvalue weighted by atomic mass is 32.1. The maximum absolute atomic E-state index is 13.6. The molecule has 0 aromatic carbocycles. The standard InChI is InChI=1S/C25H33F2N7S/c1-2-34-15-17(14-28-34)30-24-31-22(21-19-4-3-5-20(19)35-23(21)32-24)29-16-6-8-18(9-7-16)33-12-10-25(26,27)11-13-33/h14-16,18H,2-13H2,1H3,(H2,29,30,31,32). The molecule has 3 aromatic rings. The highest BCUT2D eigenvalue weighted by Crippen LogP contribution is 2.41. The van der Waals surface area contributed by atoms with Gasteiger partial charge >= 0.3 is 0 Å². The van der Waals surface area contributed by atoms with Crippen molar-refractivity contribution in [3.8, 4) is 0 Å². The van der Waals surface area contributed by atoms with Crippen molar-refractivity contribution in [2.24, 2.45) is 0 Å². The Morgan fingerprint density at radius 3 is 2.66 bits per heavy atom. The highest BCUT2D eigenvalue weighted by Gasteiger charge is 2.37. The molecule has 2 N–H and O–H groups in total. The monoisotopic (exact) mass is 501 g/mol. The summed E-state index contributed by atoms with van der Waals surface area (Å²) in [6.45, 7) is 3.92. The summed E-state index contributed by atoms with van der Waals surface area (Å²) in [5.74, 6) is -0.950. The van der Waals surface area contributed by atoms with E-state index >= 15 is 0 Å². The van der Waals surface area contributed by atoms with E-state index in [0.717, 1.165) is 61.4 Å². The molecule has 1 saturated carbocycles. The molecule has 0 unspecified atom stereocenters. The second kappa shape index (κ2) is 9.28. The van der Waals surface area contributed by atoms with Gasteiger partial charge in [0.05, 0.1) is 17.3 Å². The third-order valence-electron chi connectivity index (χ3n) is 7.86. The van der Waals surface area contributed by atoms with Crippen LogP contribution in [0.3, 0.4) is 0 Å². The Labute approximate surface area is 208 Å². The zero-order chi connectivity index (χ0) is 24.0. The van der Waals surface area contributed by atoms with Crippen LogP contribution in [-0.4, -0.2) is 55.7 Å². The quantitative estimate of drug-likeness (QED) is 0.459. The van der Waals surface area contributed by atoms with Gasteiger partial charge in [-0.15, -0.1) is 11.3 Å². The summed E-state index contributed by atoms with van der Waals surface area (Å²) in [5, 5.41) is 12.7. The summed E-state index contributed by atoms with van der Waals surface area (Å²) in [6.07, 6.45) is 11.3. The Kier molecular flexibility index (Phi) is 6.12. The summed E-state index contributed by atoms with van der Waals surface area (Å²) in [4.78, 5) is 14.6. The molecule has 10 heteroatoms. The minimum absolute atomic E-state index is 0.000296. The molecule has 4 heterocycles. The molecule has 1 saturated heterocycles. The third-order valence-corrected chi connectivity index (χ3v) is 9.05. The maximum Gasteiger partial charge on any atom is 0.250 e. The Hall–Kier alpha value is -2.33. The lowest BCUT2D eigenvalue weighted by molar-refractivity contribution is -0.0657. The number of anilines is 3. The lowest BCUT2D eigenvalue weighted by Gasteiger charge is -2.40. The predicted molar refractivity (Wildman–Crippen MR) is 136 cm³/mol. The van der Waals surface area contributed by atoms with Crippen molar-refractivity contribution in [1.29, 1.82) is 0 Å². The van der Waals surface area contributed by atoms with Gasteiger partial charge in [-0.1, -0.05) is 0 Å². The molecular weight excluding hydrogens is 468 g/mol. The van der Waals surface area contributed by atoms with Gasteiger partial charge in [-0.2, -0.15) is 10.1 Å². The van der Waals surface area contributed by atoms with E-state index in [0.29, 0.717) is 31.1 Å². The number of hydrogen-bond donors (Lipinski definition) is 2. The third kappa shape index (κ3) is 4.74.